The zero-order valence-electron chi connectivity index (χ0n) is 12.6. The fourth-order valence-electron chi connectivity index (χ4n) is 3.46. The van der Waals surface area contributed by atoms with Crippen molar-refractivity contribution in [2.24, 2.45) is 11.8 Å². The van der Waals surface area contributed by atoms with Gasteiger partial charge in [0.2, 0.25) is 5.91 Å². The van der Waals surface area contributed by atoms with Crippen LogP contribution in [0.2, 0.25) is 0 Å². The molecule has 0 radical (unpaired) electrons. The molecular weight excluding hydrogens is 300 g/mol. The molecule has 1 aromatic heterocycles. The Labute approximate surface area is 131 Å². The maximum atomic E-state index is 12.4. The first kappa shape index (κ1) is 15.5. The van der Waals surface area contributed by atoms with Crippen LogP contribution in [0.3, 0.4) is 0 Å². The van der Waals surface area contributed by atoms with Crippen molar-refractivity contribution in [3.8, 4) is 0 Å². The van der Waals surface area contributed by atoms with Crippen molar-refractivity contribution >= 4 is 15.7 Å². The normalized spacial score (nSPS) is 25.3. The van der Waals surface area contributed by atoms with Crippen LogP contribution in [-0.4, -0.2) is 48.8 Å². The first-order valence-electron chi connectivity index (χ1n) is 7.91. The van der Waals surface area contributed by atoms with Gasteiger partial charge in [0.25, 0.3) is 0 Å². The van der Waals surface area contributed by atoms with Gasteiger partial charge in [-0.1, -0.05) is 6.07 Å². The third-order valence-corrected chi connectivity index (χ3v) is 6.52. The molecule has 2 aliphatic rings. The first-order chi connectivity index (χ1) is 10.5. The Morgan fingerprint density at radius 2 is 2.05 bits per heavy atom. The van der Waals surface area contributed by atoms with Crippen molar-refractivity contribution in [3.05, 3.63) is 30.1 Å². The zero-order valence-corrected chi connectivity index (χ0v) is 13.5. The Balaban J connectivity index is 1.50. The minimum atomic E-state index is -2.99. The van der Waals surface area contributed by atoms with Crippen molar-refractivity contribution in [1.29, 1.82) is 0 Å². The number of carbonyl (C=O) groups is 1. The van der Waals surface area contributed by atoms with E-state index in [2.05, 4.69) is 11.1 Å². The van der Waals surface area contributed by atoms with Gasteiger partial charge in [0.15, 0.2) is 9.84 Å². The molecule has 1 amide bonds. The Morgan fingerprint density at radius 1 is 1.27 bits per heavy atom. The molecular formula is C16H22N2O3S. The number of nitrogens with zero attached hydrogens (tertiary/aromatic N) is 2. The number of pyridine rings is 1. The molecule has 0 bridgehead atoms. The largest absolute Gasteiger partial charge is 0.342 e. The zero-order chi connectivity index (χ0) is 15.6. The number of hydrogen-bond donors (Lipinski definition) is 0. The topological polar surface area (TPSA) is 67.3 Å². The van der Waals surface area contributed by atoms with Crippen LogP contribution in [0.4, 0.5) is 0 Å². The van der Waals surface area contributed by atoms with Crippen molar-refractivity contribution < 1.29 is 13.2 Å². The quantitative estimate of drug-likeness (QED) is 0.841. The molecule has 0 aliphatic carbocycles. The molecule has 1 atom stereocenters. The molecule has 1 unspecified atom stereocenters. The summed E-state index contributed by atoms with van der Waals surface area (Å²) in [6.07, 6.45) is 7.16. The van der Waals surface area contributed by atoms with E-state index in [1.54, 1.807) is 6.20 Å². The average molecular weight is 322 g/mol. The number of amides is 1. The van der Waals surface area contributed by atoms with Crippen LogP contribution in [0.1, 0.15) is 24.8 Å². The summed E-state index contributed by atoms with van der Waals surface area (Å²) in [6, 6.07) is 4.04. The van der Waals surface area contributed by atoms with Crippen molar-refractivity contribution in [2.75, 3.05) is 24.6 Å². The molecule has 1 aromatic rings. The van der Waals surface area contributed by atoms with Crippen molar-refractivity contribution in [2.45, 2.75) is 25.7 Å². The monoisotopic (exact) mass is 322 g/mol. The summed E-state index contributed by atoms with van der Waals surface area (Å²) in [4.78, 5) is 18.4. The van der Waals surface area contributed by atoms with Gasteiger partial charge >= 0.3 is 0 Å². The second-order valence-corrected chi connectivity index (χ2v) is 8.66. The number of sulfone groups is 1. The van der Waals surface area contributed by atoms with E-state index in [-0.39, 0.29) is 23.3 Å². The van der Waals surface area contributed by atoms with Gasteiger partial charge in [0, 0.05) is 25.5 Å². The highest BCUT2D eigenvalue weighted by molar-refractivity contribution is 7.91. The predicted molar refractivity (Wildman–Crippen MR) is 84.0 cm³/mol. The van der Waals surface area contributed by atoms with Crippen LogP contribution < -0.4 is 0 Å². The van der Waals surface area contributed by atoms with Gasteiger partial charge in [-0.25, -0.2) is 8.42 Å². The standard InChI is InChI=1S/C16H22N2O3S/c19-16(15-5-9-22(20,21)12-15)18-7-3-13(4-8-18)10-14-2-1-6-17-11-14/h1-2,6,11,13,15H,3-5,7-10,12H2. The van der Waals surface area contributed by atoms with Crippen LogP contribution in [0, 0.1) is 11.8 Å². The number of carbonyl (C=O) groups excluding carboxylic acids is 1. The summed E-state index contributed by atoms with van der Waals surface area (Å²) < 4.78 is 23.0. The lowest BCUT2D eigenvalue weighted by atomic mass is 9.90. The van der Waals surface area contributed by atoms with Gasteiger partial charge in [0.05, 0.1) is 17.4 Å². The highest BCUT2D eigenvalue weighted by atomic mass is 32.2. The fourth-order valence-corrected chi connectivity index (χ4v) is 5.19. The Hall–Kier alpha value is -1.43. The van der Waals surface area contributed by atoms with E-state index in [1.807, 2.05) is 17.2 Å². The molecule has 3 heterocycles. The Kier molecular flexibility index (Phi) is 4.47. The van der Waals surface area contributed by atoms with Crippen LogP contribution in [0.15, 0.2) is 24.5 Å². The third kappa shape index (κ3) is 3.66. The smallest absolute Gasteiger partial charge is 0.226 e. The molecule has 22 heavy (non-hydrogen) atoms. The lowest BCUT2D eigenvalue weighted by Crippen LogP contribution is -2.42. The lowest BCUT2D eigenvalue weighted by molar-refractivity contribution is -0.136. The molecule has 5 nitrogen and oxygen atoms in total. The number of piperidine rings is 1. The maximum Gasteiger partial charge on any atom is 0.226 e. The van der Waals surface area contributed by atoms with E-state index in [0.29, 0.717) is 12.3 Å². The van der Waals surface area contributed by atoms with Gasteiger partial charge in [-0.15, -0.1) is 0 Å². The molecule has 3 rings (SSSR count). The SMILES string of the molecule is O=C(C1CCS(=O)(=O)C1)N1CCC(Cc2cccnc2)CC1. The van der Waals surface area contributed by atoms with Crippen molar-refractivity contribution in [1.82, 2.24) is 9.88 Å². The highest BCUT2D eigenvalue weighted by Gasteiger charge is 2.36. The molecule has 2 saturated heterocycles. The number of likely N-dealkylation sites (tertiary alicyclic amines) is 1. The van der Waals surface area contributed by atoms with Crippen LogP contribution in [0.5, 0.6) is 0 Å². The molecule has 0 aromatic carbocycles. The predicted octanol–water partition coefficient (Wildman–Crippen LogP) is 1.30. The lowest BCUT2D eigenvalue weighted by Gasteiger charge is -2.33. The van der Waals surface area contributed by atoms with Gasteiger partial charge in [0.1, 0.15) is 0 Å². The van der Waals surface area contributed by atoms with E-state index in [4.69, 9.17) is 0 Å². The Bertz CT molecular complexity index is 622. The number of rotatable bonds is 3. The summed E-state index contributed by atoms with van der Waals surface area (Å²) in [7, 11) is -2.99. The molecule has 0 saturated carbocycles. The fraction of sp³-hybridized carbons (Fsp3) is 0.625. The van der Waals surface area contributed by atoms with Crippen molar-refractivity contribution in [3.63, 3.8) is 0 Å². The molecule has 2 aliphatic heterocycles. The molecule has 120 valence electrons. The molecule has 0 spiro atoms. The molecule has 0 N–H and O–H groups in total. The molecule has 6 heteroatoms. The van der Waals surface area contributed by atoms with Gasteiger partial charge < -0.3 is 4.90 Å². The minimum absolute atomic E-state index is 0.0425. The number of hydrogen-bond acceptors (Lipinski definition) is 4. The first-order valence-corrected chi connectivity index (χ1v) is 9.74. The van der Waals surface area contributed by atoms with E-state index in [0.717, 1.165) is 32.4 Å². The summed E-state index contributed by atoms with van der Waals surface area (Å²) in [5, 5.41) is 0. The van der Waals surface area contributed by atoms with Gasteiger partial charge in [-0.2, -0.15) is 0 Å². The summed E-state index contributed by atoms with van der Waals surface area (Å²) in [5.41, 5.74) is 1.24. The van der Waals surface area contributed by atoms with E-state index in [9.17, 15) is 13.2 Å². The van der Waals surface area contributed by atoms with E-state index in [1.165, 1.54) is 5.56 Å². The summed E-state index contributed by atoms with van der Waals surface area (Å²) >= 11 is 0. The second kappa shape index (κ2) is 6.36. The van der Waals surface area contributed by atoms with E-state index >= 15 is 0 Å². The minimum Gasteiger partial charge on any atom is -0.342 e. The van der Waals surface area contributed by atoms with Gasteiger partial charge in [-0.05, 0) is 43.2 Å². The Morgan fingerprint density at radius 3 is 2.64 bits per heavy atom. The third-order valence-electron chi connectivity index (χ3n) is 4.76. The second-order valence-electron chi connectivity index (χ2n) is 6.43. The molecule has 2 fully saturated rings. The summed E-state index contributed by atoms with van der Waals surface area (Å²) in [5.74, 6) is 0.531. The summed E-state index contributed by atoms with van der Waals surface area (Å²) in [6.45, 7) is 1.50. The van der Waals surface area contributed by atoms with Crippen LogP contribution >= 0.6 is 0 Å². The van der Waals surface area contributed by atoms with Gasteiger partial charge in [-0.3, -0.25) is 9.78 Å². The van der Waals surface area contributed by atoms with Crippen LogP contribution in [0.25, 0.3) is 0 Å². The number of aromatic nitrogens is 1. The van der Waals surface area contributed by atoms with E-state index < -0.39 is 9.84 Å². The average Bonchev–Trinajstić information content (AvgIpc) is 2.88. The maximum absolute atomic E-state index is 12.4. The van der Waals surface area contributed by atoms with Crippen LogP contribution in [-0.2, 0) is 21.1 Å². The highest BCUT2D eigenvalue weighted by Crippen LogP contribution is 2.25.